The number of carbonyl (C=O) groups excluding carboxylic acids is 1. The lowest BCUT2D eigenvalue weighted by Crippen LogP contribution is -2.36. The van der Waals surface area contributed by atoms with Crippen molar-refractivity contribution in [3.8, 4) is 0 Å². The molecule has 1 saturated carbocycles. The maximum absolute atomic E-state index is 15.0. The number of amides is 1. The second-order valence-corrected chi connectivity index (χ2v) is 6.59. The Morgan fingerprint density at radius 2 is 2.17 bits per heavy atom. The Labute approximate surface area is 186 Å². The summed E-state index contributed by atoms with van der Waals surface area (Å²) in [6.45, 7) is -10.2. The van der Waals surface area contributed by atoms with Crippen LogP contribution in [-0.2, 0) is 0 Å². The van der Waals surface area contributed by atoms with Crippen molar-refractivity contribution < 1.29 is 27.0 Å². The van der Waals surface area contributed by atoms with Crippen LogP contribution in [0.5, 0.6) is 0 Å². The first-order valence-corrected chi connectivity index (χ1v) is 8.74. The highest BCUT2D eigenvalue weighted by atomic mass is 19.1. The van der Waals surface area contributed by atoms with Gasteiger partial charge in [0.2, 0.25) is 0 Å². The number of halogens is 1. The average Bonchev–Trinajstić information content (AvgIpc) is 3.71. The van der Waals surface area contributed by atoms with E-state index in [0.29, 0.717) is 12.8 Å². The highest BCUT2D eigenvalue weighted by Crippen LogP contribution is 2.41. The molecule has 1 atom stereocenters. The van der Waals surface area contributed by atoms with Crippen molar-refractivity contribution in [2.75, 3.05) is 11.9 Å². The van der Waals surface area contributed by atoms with Crippen LogP contribution in [0.25, 0.3) is 10.8 Å². The van der Waals surface area contributed by atoms with Crippen molar-refractivity contribution in [3.05, 3.63) is 81.4 Å². The molecule has 150 valence electrons. The SMILES string of the molecule is [2H]c1c([2H])c([2H])c([C@@H](NC(=O)c2c(C([2H])([2H])[2H])n(NC([2H])([2H])C([2H])([2H])[2H])c(=O)c3c(F)cccc23)C2CC2)c([2H])c1[2H]. The number of benzene rings is 2. The van der Waals surface area contributed by atoms with Crippen molar-refractivity contribution in [1.29, 1.82) is 0 Å². The van der Waals surface area contributed by atoms with E-state index in [-0.39, 0.29) is 10.2 Å². The molecule has 1 aliphatic carbocycles. The standard InChI is InChI=1S/C23H24FN3O2/c1-3-25-27-14(2)19(17-10-7-11-18(24)20(17)23(27)29)22(28)26-21(16-12-13-16)15-8-5-4-6-9-15/h4-11,16,21,25H,3,12-13H2,1-2H3,(H,26,28)/t21-/m1/s1/i1D3,2D3,3D2,4D,5D,6D,8D,9D. The second-order valence-electron chi connectivity index (χ2n) is 6.59. The molecular weight excluding hydrogens is 369 g/mol. The van der Waals surface area contributed by atoms with Gasteiger partial charge in [-0.3, -0.25) is 9.59 Å². The lowest BCUT2D eigenvalue weighted by molar-refractivity contribution is 0.0932. The van der Waals surface area contributed by atoms with Gasteiger partial charge in [0.1, 0.15) is 5.82 Å². The van der Waals surface area contributed by atoms with Crippen LogP contribution in [0.2, 0.25) is 0 Å². The predicted octanol–water partition coefficient (Wildman–Crippen LogP) is 3.89. The first-order valence-electron chi connectivity index (χ1n) is 15.2. The third-order valence-electron chi connectivity index (χ3n) is 4.77. The normalized spacial score (nSPS) is 22.4. The third kappa shape index (κ3) is 3.50. The molecule has 1 amide bonds. The van der Waals surface area contributed by atoms with Gasteiger partial charge in [-0.1, -0.05) is 42.3 Å². The number of rotatable bonds is 6. The minimum atomic E-state index is -3.44. The third-order valence-corrected chi connectivity index (χ3v) is 4.77. The van der Waals surface area contributed by atoms with Crippen LogP contribution < -0.4 is 16.3 Å². The Kier molecular flexibility index (Phi) is 2.42. The Balaban J connectivity index is 2.02. The van der Waals surface area contributed by atoms with Crippen molar-refractivity contribution in [2.24, 2.45) is 5.92 Å². The van der Waals surface area contributed by atoms with Gasteiger partial charge >= 0.3 is 0 Å². The Bertz CT molecular complexity index is 1630. The molecule has 0 spiro atoms. The van der Waals surface area contributed by atoms with E-state index in [2.05, 4.69) is 5.32 Å². The van der Waals surface area contributed by atoms with E-state index in [0.717, 1.165) is 18.2 Å². The van der Waals surface area contributed by atoms with E-state index in [1.54, 1.807) is 5.43 Å². The highest BCUT2D eigenvalue weighted by Gasteiger charge is 2.34. The van der Waals surface area contributed by atoms with Crippen molar-refractivity contribution >= 4 is 16.7 Å². The summed E-state index contributed by atoms with van der Waals surface area (Å²) in [7, 11) is 0. The largest absolute Gasteiger partial charge is 0.345 e. The van der Waals surface area contributed by atoms with Gasteiger partial charge < -0.3 is 10.7 Å². The zero-order valence-corrected chi connectivity index (χ0v) is 14.9. The number of fused-ring (bicyclic) bond motifs is 1. The van der Waals surface area contributed by atoms with Crippen LogP contribution in [0, 0.1) is 18.6 Å². The molecular formula is C23H24FN3O2. The van der Waals surface area contributed by atoms with Crippen LogP contribution in [-0.4, -0.2) is 17.1 Å². The number of pyridine rings is 1. The van der Waals surface area contributed by atoms with Crippen molar-refractivity contribution in [3.63, 3.8) is 0 Å². The summed E-state index contributed by atoms with van der Waals surface area (Å²) in [6.07, 6.45) is 0.961. The summed E-state index contributed by atoms with van der Waals surface area (Å²) in [4.78, 5) is 27.3. The number of aromatic nitrogens is 1. The van der Waals surface area contributed by atoms with Gasteiger partial charge in [-0.15, -0.1) is 0 Å². The number of nitrogens with zero attached hydrogens (tertiary/aromatic N) is 1. The molecule has 2 aromatic carbocycles. The van der Waals surface area contributed by atoms with Gasteiger partial charge in [0, 0.05) is 20.1 Å². The molecule has 1 aliphatic rings. The molecule has 1 heterocycles. The van der Waals surface area contributed by atoms with E-state index in [1.807, 2.05) is 0 Å². The first kappa shape index (κ1) is 9.11. The zero-order valence-electron chi connectivity index (χ0n) is 27.9. The fourth-order valence-corrected chi connectivity index (χ4v) is 3.28. The summed E-state index contributed by atoms with van der Waals surface area (Å²) < 4.78 is 118. The quantitative estimate of drug-likeness (QED) is 0.653. The van der Waals surface area contributed by atoms with Crippen LogP contribution in [0.15, 0.2) is 53.2 Å². The van der Waals surface area contributed by atoms with Gasteiger partial charge in [-0.25, -0.2) is 9.07 Å². The molecule has 2 N–H and O–H groups in total. The van der Waals surface area contributed by atoms with Crippen molar-refractivity contribution in [1.82, 2.24) is 9.99 Å². The summed E-state index contributed by atoms with van der Waals surface area (Å²) in [6, 6.07) is -1.37. The molecule has 3 aromatic rings. The molecule has 1 fully saturated rings. The van der Waals surface area contributed by atoms with Gasteiger partial charge in [-0.05, 0) is 44.1 Å². The van der Waals surface area contributed by atoms with Crippen LogP contribution in [0.3, 0.4) is 0 Å². The Hall–Kier alpha value is -3.15. The molecule has 6 heteroatoms. The topological polar surface area (TPSA) is 63.1 Å². The number of hydrogen-bond acceptors (Lipinski definition) is 3. The number of hydrogen-bond donors (Lipinski definition) is 2. The molecule has 0 unspecified atom stereocenters. The fourth-order valence-electron chi connectivity index (χ4n) is 3.28. The van der Waals surface area contributed by atoms with Gasteiger partial charge in [0.15, 0.2) is 0 Å². The molecule has 1 aromatic heterocycles. The number of nitrogens with one attached hydrogen (secondary N) is 2. The minimum absolute atomic E-state index is 0.00361. The maximum atomic E-state index is 15.0. The zero-order chi connectivity index (χ0) is 31.7. The summed E-state index contributed by atoms with van der Waals surface area (Å²) in [5, 5.41) is 1.19. The van der Waals surface area contributed by atoms with Crippen LogP contribution in [0.1, 0.15) is 65.2 Å². The monoisotopic (exact) mass is 406 g/mol. The minimum Gasteiger partial charge on any atom is -0.345 e. The van der Waals surface area contributed by atoms with Crippen molar-refractivity contribution in [2.45, 2.75) is 32.6 Å². The number of carbonyl (C=O) groups is 1. The molecule has 5 nitrogen and oxygen atoms in total. The molecule has 0 saturated heterocycles. The van der Waals surface area contributed by atoms with E-state index >= 15 is 4.39 Å². The summed E-state index contributed by atoms with van der Waals surface area (Å²) >= 11 is 0. The van der Waals surface area contributed by atoms with E-state index in [1.165, 1.54) is 0 Å². The Morgan fingerprint density at radius 1 is 1.38 bits per heavy atom. The molecule has 0 radical (unpaired) electrons. The van der Waals surface area contributed by atoms with E-state index in [4.69, 9.17) is 17.8 Å². The molecule has 29 heavy (non-hydrogen) atoms. The summed E-state index contributed by atoms with van der Waals surface area (Å²) in [5.74, 6) is -2.87. The Morgan fingerprint density at radius 3 is 2.86 bits per heavy atom. The fraction of sp³-hybridized carbons (Fsp3) is 0.304. The average molecular weight is 407 g/mol. The maximum Gasteiger partial charge on any atom is 0.279 e. The summed E-state index contributed by atoms with van der Waals surface area (Å²) in [5.41, 5.74) is -1.98. The molecule has 4 rings (SSSR count). The predicted molar refractivity (Wildman–Crippen MR) is 112 cm³/mol. The lowest BCUT2D eigenvalue weighted by Gasteiger charge is -2.22. The van der Waals surface area contributed by atoms with Crippen LogP contribution in [0.4, 0.5) is 4.39 Å². The van der Waals surface area contributed by atoms with E-state index in [9.17, 15) is 9.59 Å². The van der Waals surface area contributed by atoms with E-state index < -0.39 is 102 Å². The lowest BCUT2D eigenvalue weighted by atomic mass is 9.99. The first-order chi connectivity index (χ1) is 19.2. The molecule has 0 bridgehead atoms. The van der Waals surface area contributed by atoms with Gasteiger partial charge in [-0.2, -0.15) is 0 Å². The van der Waals surface area contributed by atoms with Crippen LogP contribution >= 0.6 is 0 Å². The van der Waals surface area contributed by atoms with Gasteiger partial charge in [0.05, 0.1) is 32.3 Å². The van der Waals surface area contributed by atoms with Gasteiger partial charge in [0.25, 0.3) is 11.5 Å². The second kappa shape index (κ2) is 7.70. The smallest absolute Gasteiger partial charge is 0.279 e. The molecule has 0 aliphatic heterocycles. The highest BCUT2D eigenvalue weighted by molar-refractivity contribution is 6.08.